The van der Waals surface area contributed by atoms with Crippen molar-refractivity contribution in [1.82, 2.24) is 15.0 Å². The highest BCUT2D eigenvalue weighted by molar-refractivity contribution is 6.67. The Labute approximate surface area is 181 Å². The number of nitrogens with zero attached hydrogens (tertiary/aromatic N) is 3. The van der Waals surface area contributed by atoms with E-state index in [0.717, 1.165) is 11.3 Å². The van der Waals surface area contributed by atoms with Gasteiger partial charge in [-0.25, -0.2) is 15.0 Å². The van der Waals surface area contributed by atoms with Crippen LogP contribution in [0.1, 0.15) is 36.9 Å². The molecule has 10 heteroatoms. The van der Waals surface area contributed by atoms with Gasteiger partial charge in [-0.05, 0) is 37.6 Å². The first kappa shape index (κ1) is 21.8. The molecule has 1 aromatic heterocycles. The molecule has 0 unspecified atom stereocenters. The lowest BCUT2D eigenvalue weighted by Crippen LogP contribution is -2.16. The molecular formula is C16H13Cl6N3O. The molecule has 0 saturated carbocycles. The Morgan fingerprint density at radius 1 is 0.808 bits per heavy atom. The van der Waals surface area contributed by atoms with Crippen LogP contribution in [0.25, 0.3) is 12.2 Å². The van der Waals surface area contributed by atoms with Crippen LogP contribution in [0.15, 0.2) is 24.3 Å². The summed E-state index contributed by atoms with van der Waals surface area (Å²) < 4.78 is 1.83. The van der Waals surface area contributed by atoms with Crippen molar-refractivity contribution in [3.05, 3.63) is 47.3 Å². The molecule has 26 heavy (non-hydrogen) atoms. The van der Waals surface area contributed by atoms with Gasteiger partial charge < -0.3 is 4.74 Å². The largest absolute Gasteiger partial charge is 0.491 e. The molecule has 140 valence electrons. The van der Waals surface area contributed by atoms with Gasteiger partial charge in [0.25, 0.3) is 0 Å². The maximum atomic E-state index is 5.84. The van der Waals surface area contributed by atoms with Crippen molar-refractivity contribution in [3.8, 4) is 5.75 Å². The molecule has 0 atom stereocenters. The van der Waals surface area contributed by atoms with Crippen molar-refractivity contribution in [2.45, 2.75) is 27.5 Å². The number of hydrogen-bond donors (Lipinski definition) is 0. The highest BCUT2D eigenvalue weighted by Gasteiger charge is 2.33. The standard InChI is InChI=1S/C16H13Cl6N3O/c1-9(2)26-11-6-3-10(4-7-11)5-8-12-23-13(15(17,18)19)25-14(24-12)16(20,21)22/h3-9H,1-2H3. The van der Waals surface area contributed by atoms with Gasteiger partial charge >= 0.3 is 0 Å². The van der Waals surface area contributed by atoms with Crippen LogP contribution >= 0.6 is 69.6 Å². The molecule has 0 spiro atoms. The first-order valence-corrected chi connectivity index (χ1v) is 9.57. The minimum absolute atomic E-state index is 0.0994. The SMILES string of the molecule is CC(C)Oc1ccc(C=Cc2nc(C(Cl)(Cl)Cl)nc(C(Cl)(Cl)Cl)n2)cc1. The number of benzene rings is 1. The molecule has 0 aliphatic heterocycles. The zero-order valence-electron chi connectivity index (χ0n) is 13.6. The molecule has 2 rings (SSSR count). The van der Waals surface area contributed by atoms with E-state index in [9.17, 15) is 0 Å². The Morgan fingerprint density at radius 2 is 1.31 bits per heavy atom. The Morgan fingerprint density at radius 3 is 1.73 bits per heavy atom. The average Bonchev–Trinajstić information content (AvgIpc) is 2.52. The number of rotatable bonds is 4. The van der Waals surface area contributed by atoms with Crippen molar-refractivity contribution < 1.29 is 4.74 Å². The van der Waals surface area contributed by atoms with E-state index in [0.29, 0.717) is 0 Å². The molecule has 0 aliphatic carbocycles. The summed E-state index contributed by atoms with van der Waals surface area (Å²) in [6.07, 6.45) is 3.46. The summed E-state index contributed by atoms with van der Waals surface area (Å²) in [5, 5.41) is 0. The molecule has 2 aromatic rings. The van der Waals surface area contributed by atoms with E-state index >= 15 is 0 Å². The summed E-state index contributed by atoms with van der Waals surface area (Å²) in [4.78, 5) is 12.1. The van der Waals surface area contributed by atoms with Gasteiger partial charge in [-0.2, -0.15) is 0 Å². The zero-order chi connectivity index (χ0) is 19.5. The second kappa shape index (κ2) is 8.68. The summed E-state index contributed by atoms with van der Waals surface area (Å²) in [7, 11) is 0. The van der Waals surface area contributed by atoms with E-state index in [-0.39, 0.29) is 23.6 Å². The van der Waals surface area contributed by atoms with Gasteiger partial charge in [0.05, 0.1) is 6.10 Å². The van der Waals surface area contributed by atoms with E-state index in [2.05, 4.69) is 15.0 Å². The maximum absolute atomic E-state index is 5.84. The topological polar surface area (TPSA) is 47.9 Å². The fraction of sp³-hybridized carbons (Fsp3) is 0.312. The Kier molecular flexibility index (Phi) is 7.28. The van der Waals surface area contributed by atoms with E-state index in [1.165, 1.54) is 0 Å². The molecular weight excluding hydrogens is 463 g/mol. The van der Waals surface area contributed by atoms with Crippen LogP contribution in [0, 0.1) is 0 Å². The van der Waals surface area contributed by atoms with Gasteiger partial charge in [-0.3, -0.25) is 0 Å². The van der Waals surface area contributed by atoms with Gasteiger partial charge in [0.2, 0.25) is 7.59 Å². The summed E-state index contributed by atoms with van der Waals surface area (Å²) in [6.45, 7) is 3.91. The summed E-state index contributed by atoms with van der Waals surface area (Å²) >= 11 is 35.0. The summed E-state index contributed by atoms with van der Waals surface area (Å²) in [5.74, 6) is 0.678. The molecule has 0 aliphatic rings. The van der Waals surface area contributed by atoms with Crippen LogP contribution in [-0.4, -0.2) is 21.1 Å². The number of hydrogen-bond acceptors (Lipinski definition) is 4. The van der Waals surface area contributed by atoms with Crippen LogP contribution in [0.2, 0.25) is 0 Å². The minimum Gasteiger partial charge on any atom is -0.491 e. The molecule has 1 aromatic carbocycles. The van der Waals surface area contributed by atoms with Crippen LogP contribution in [0.4, 0.5) is 0 Å². The summed E-state index contributed by atoms with van der Waals surface area (Å²) in [6, 6.07) is 7.46. The molecule has 4 nitrogen and oxygen atoms in total. The van der Waals surface area contributed by atoms with Gasteiger partial charge in [-0.1, -0.05) is 87.8 Å². The Hall–Kier alpha value is -0.490. The maximum Gasteiger partial charge on any atom is 0.250 e. The van der Waals surface area contributed by atoms with E-state index in [1.54, 1.807) is 12.2 Å². The van der Waals surface area contributed by atoms with Gasteiger partial charge in [-0.15, -0.1) is 0 Å². The van der Waals surface area contributed by atoms with Gasteiger partial charge in [0.1, 0.15) is 5.75 Å². The molecule has 0 N–H and O–H groups in total. The Bertz CT molecular complexity index is 750. The molecule has 0 bridgehead atoms. The quantitative estimate of drug-likeness (QED) is 0.474. The lowest BCUT2D eigenvalue weighted by molar-refractivity contribution is 0.242. The van der Waals surface area contributed by atoms with Crippen LogP contribution in [0.5, 0.6) is 5.75 Å². The monoisotopic (exact) mass is 473 g/mol. The van der Waals surface area contributed by atoms with Crippen LogP contribution < -0.4 is 4.74 Å². The first-order chi connectivity index (χ1) is 11.9. The third-order valence-electron chi connectivity index (χ3n) is 2.84. The highest BCUT2D eigenvalue weighted by atomic mass is 35.6. The predicted octanol–water partition coefficient (Wildman–Crippen LogP) is 6.48. The number of ether oxygens (including phenoxy) is 1. The predicted molar refractivity (Wildman–Crippen MR) is 109 cm³/mol. The number of alkyl halides is 6. The zero-order valence-corrected chi connectivity index (χ0v) is 18.1. The first-order valence-electron chi connectivity index (χ1n) is 7.30. The van der Waals surface area contributed by atoms with Crippen molar-refractivity contribution in [2.24, 2.45) is 0 Å². The second-order valence-electron chi connectivity index (χ2n) is 5.41. The molecule has 0 saturated heterocycles. The van der Waals surface area contributed by atoms with Gasteiger partial charge in [0, 0.05) is 0 Å². The lowest BCUT2D eigenvalue weighted by atomic mass is 10.2. The van der Waals surface area contributed by atoms with E-state index < -0.39 is 7.59 Å². The summed E-state index contributed by atoms with van der Waals surface area (Å²) in [5.41, 5.74) is 0.882. The van der Waals surface area contributed by atoms with Crippen molar-refractivity contribution in [3.63, 3.8) is 0 Å². The third kappa shape index (κ3) is 6.59. The van der Waals surface area contributed by atoms with Gasteiger partial charge in [0.15, 0.2) is 17.5 Å². The number of aromatic nitrogens is 3. The molecule has 0 fully saturated rings. The van der Waals surface area contributed by atoms with Crippen molar-refractivity contribution in [1.29, 1.82) is 0 Å². The lowest BCUT2D eigenvalue weighted by Gasteiger charge is -2.14. The molecule has 0 amide bonds. The third-order valence-corrected chi connectivity index (χ3v) is 3.85. The highest BCUT2D eigenvalue weighted by Crippen LogP contribution is 2.39. The number of halogens is 6. The Balaban J connectivity index is 2.31. The van der Waals surface area contributed by atoms with Crippen molar-refractivity contribution in [2.75, 3.05) is 0 Å². The molecule has 1 heterocycles. The minimum atomic E-state index is -1.88. The second-order valence-corrected chi connectivity index (χ2v) is 9.97. The van der Waals surface area contributed by atoms with Crippen molar-refractivity contribution >= 4 is 81.8 Å². The molecule has 0 radical (unpaired) electrons. The normalized spacial score (nSPS) is 12.8. The van der Waals surface area contributed by atoms with E-state index in [1.807, 2.05) is 38.1 Å². The fourth-order valence-electron chi connectivity index (χ4n) is 1.82. The van der Waals surface area contributed by atoms with E-state index in [4.69, 9.17) is 74.3 Å². The average molecular weight is 476 g/mol. The fourth-order valence-corrected chi connectivity index (χ4v) is 2.33. The van der Waals surface area contributed by atoms with Crippen LogP contribution in [0.3, 0.4) is 0 Å². The smallest absolute Gasteiger partial charge is 0.250 e. The van der Waals surface area contributed by atoms with Crippen LogP contribution in [-0.2, 0) is 7.59 Å².